The first-order valence-electron chi connectivity index (χ1n) is 6.77. The number of fused-ring (bicyclic) bond motifs is 1. The van der Waals surface area contributed by atoms with Gasteiger partial charge in [-0.1, -0.05) is 6.92 Å². The van der Waals surface area contributed by atoms with Gasteiger partial charge in [-0.3, -0.25) is 0 Å². The Balaban J connectivity index is 2.51. The van der Waals surface area contributed by atoms with Gasteiger partial charge in [0.25, 0.3) is 0 Å². The van der Waals surface area contributed by atoms with Crippen LogP contribution in [0, 0.1) is 5.82 Å². The summed E-state index contributed by atoms with van der Waals surface area (Å²) in [6, 6.07) is 2.91. The van der Waals surface area contributed by atoms with E-state index in [1.165, 1.54) is 12.1 Å². The van der Waals surface area contributed by atoms with Crippen molar-refractivity contribution in [3.05, 3.63) is 29.7 Å². The molecule has 0 unspecified atom stereocenters. The average molecular weight is 264 g/mol. The molecule has 2 rings (SSSR count). The number of hydrogen-bond donors (Lipinski definition) is 2. The van der Waals surface area contributed by atoms with Gasteiger partial charge in [-0.25, -0.2) is 4.39 Å². The number of phenolic OH excluding ortho intramolecular Hbond substituents is 1. The standard InChI is InChI=1S/C15H21FN2O/c1-4-17-6-5-11-9-18(10(2)3)13-7-12(16)8-14(19)15(11)13/h7-10,17,19H,4-6H2,1-3H3. The minimum Gasteiger partial charge on any atom is -0.507 e. The minimum atomic E-state index is -0.400. The molecule has 0 radical (unpaired) electrons. The maximum Gasteiger partial charge on any atom is 0.129 e. The Bertz CT molecular complexity index is 575. The van der Waals surface area contributed by atoms with Crippen molar-refractivity contribution in [2.45, 2.75) is 33.2 Å². The van der Waals surface area contributed by atoms with E-state index in [2.05, 4.69) is 26.1 Å². The van der Waals surface area contributed by atoms with Gasteiger partial charge in [-0.15, -0.1) is 0 Å². The molecular weight excluding hydrogens is 243 g/mol. The Hall–Kier alpha value is -1.55. The monoisotopic (exact) mass is 264 g/mol. The van der Waals surface area contributed by atoms with Crippen LogP contribution in [0.2, 0.25) is 0 Å². The molecule has 1 aromatic carbocycles. The summed E-state index contributed by atoms with van der Waals surface area (Å²) in [5.41, 5.74) is 1.82. The van der Waals surface area contributed by atoms with Gasteiger partial charge in [0.2, 0.25) is 0 Å². The Morgan fingerprint density at radius 3 is 2.74 bits per heavy atom. The van der Waals surface area contributed by atoms with Gasteiger partial charge in [-0.05, 0) is 45.0 Å². The van der Waals surface area contributed by atoms with E-state index in [0.29, 0.717) is 0 Å². The lowest BCUT2D eigenvalue weighted by molar-refractivity contribution is 0.475. The number of phenols is 1. The maximum absolute atomic E-state index is 13.5. The van der Waals surface area contributed by atoms with Crippen LogP contribution in [0.15, 0.2) is 18.3 Å². The summed E-state index contributed by atoms with van der Waals surface area (Å²) in [4.78, 5) is 0. The summed E-state index contributed by atoms with van der Waals surface area (Å²) in [5.74, 6) is -0.371. The zero-order valence-electron chi connectivity index (χ0n) is 11.7. The fraction of sp³-hybridized carbons (Fsp3) is 0.467. The van der Waals surface area contributed by atoms with Gasteiger partial charge in [0.15, 0.2) is 0 Å². The van der Waals surface area contributed by atoms with Crippen LogP contribution in [0.1, 0.15) is 32.4 Å². The molecule has 2 aromatic rings. The molecule has 1 aromatic heterocycles. The van der Waals surface area contributed by atoms with Crippen molar-refractivity contribution < 1.29 is 9.50 Å². The number of aromatic nitrogens is 1. The highest BCUT2D eigenvalue weighted by Crippen LogP contribution is 2.33. The molecular formula is C15H21FN2O. The second-order valence-electron chi connectivity index (χ2n) is 5.08. The molecule has 0 bridgehead atoms. The van der Waals surface area contributed by atoms with Gasteiger partial charge >= 0.3 is 0 Å². The van der Waals surface area contributed by atoms with E-state index < -0.39 is 5.82 Å². The maximum atomic E-state index is 13.5. The van der Waals surface area contributed by atoms with E-state index in [9.17, 15) is 9.50 Å². The lowest BCUT2D eigenvalue weighted by atomic mass is 10.1. The minimum absolute atomic E-state index is 0.0286. The molecule has 104 valence electrons. The SMILES string of the molecule is CCNCCc1cn(C(C)C)c2cc(F)cc(O)c12. The number of hydrogen-bond acceptors (Lipinski definition) is 2. The Labute approximate surface area is 113 Å². The van der Waals surface area contributed by atoms with Crippen LogP contribution in [0.4, 0.5) is 4.39 Å². The molecule has 0 saturated heterocycles. The predicted octanol–water partition coefficient (Wildman–Crippen LogP) is 3.22. The molecule has 0 aliphatic carbocycles. The quantitative estimate of drug-likeness (QED) is 0.814. The number of halogens is 1. The van der Waals surface area contributed by atoms with Gasteiger partial charge in [0.05, 0.1) is 5.52 Å². The van der Waals surface area contributed by atoms with Crippen molar-refractivity contribution in [3.8, 4) is 5.75 Å². The molecule has 4 heteroatoms. The molecule has 2 N–H and O–H groups in total. The summed E-state index contributed by atoms with van der Waals surface area (Å²) in [7, 11) is 0. The van der Waals surface area contributed by atoms with Crippen LogP contribution in [0.25, 0.3) is 10.9 Å². The molecule has 0 amide bonds. The molecule has 0 aliphatic heterocycles. The number of nitrogens with zero attached hydrogens (tertiary/aromatic N) is 1. The summed E-state index contributed by atoms with van der Waals surface area (Å²) in [6.07, 6.45) is 2.84. The van der Waals surface area contributed by atoms with Crippen molar-refractivity contribution in [3.63, 3.8) is 0 Å². The Morgan fingerprint density at radius 1 is 1.37 bits per heavy atom. The fourth-order valence-electron chi connectivity index (χ4n) is 2.43. The summed E-state index contributed by atoms with van der Waals surface area (Å²) >= 11 is 0. The first-order valence-corrected chi connectivity index (χ1v) is 6.77. The van der Waals surface area contributed by atoms with Crippen LogP contribution in [-0.4, -0.2) is 22.8 Å². The summed E-state index contributed by atoms with van der Waals surface area (Å²) in [5, 5.41) is 14.0. The van der Waals surface area contributed by atoms with Crippen molar-refractivity contribution in [1.29, 1.82) is 0 Å². The van der Waals surface area contributed by atoms with Crippen LogP contribution in [0.3, 0.4) is 0 Å². The lowest BCUT2D eigenvalue weighted by Gasteiger charge is -2.09. The number of benzene rings is 1. The highest BCUT2D eigenvalue weighted by Gasteiger charge is 2.15. The third-order valence-corrected chi connectivity index (χ3v) is 3.33. The first-order chi connectivity index (χ1) is 9.04. The second-order valence-corrected chi connectivity index (χ2v) is 5.08. The third-order valence-electron chi connectivity index (χ3n) is 3.33. The molecule has 3 nitrogen and oxygen atoms in total. The molecule has 1 heterocycles. The molecule has 19 heavy (non-hydrogen) atoms. The summed E-state index contributed by atoms with van der Waals surface area (Å²) < 4.78 is 15.5. The van der Waals surface area contributed by atoms with Crippen molar-refractivity contribution in [2.75, 3.05) is 13.1 Å². The van der Waals surface area contributed by atoms with Gasteiger partial charge in [0.1, 0.15) is 11.6 Å². The zero-order chi connectivity index (χ0) is 14.0. The third kappa shape index (κ3) is 2.73. The lowest BCUT2D eigenvalue weighted by Crippen LogP contribution is -2.15. The summed E-state index contributed by atoms with van der Waals surface area (Å²) in [6.45, 7) is 7.93. The van der Waals surface area contributed by atoms with Gasteiger partial charge in [-0.2, -0.15) is 0 Å². The van der Waals surface area contributed by atoms with E-state index in [1.54, 1.807) is 0 Å². The van der Waals surface area contributed by atoms with E-state index in [1.807, 2.05) is 10.8 Å². The number of nitrogens with one attached hydrogen (secondary N) is 1. The highest BCUT2D eigenvalue weighted by molar-refractivity contribution is 5.90. The number of likely N-dealkylation sites (N-methyl/N-ethyl adjacent to an activating group) is 1. The molecule has 0 atom stereocenters. The van der Waals surface area contributed by atoms with E-state index in [4.69, 9.17) is 0 Å². The van der Waals surface area contributed by atoms with Crippen LogP contribution in [0.5, 0.6) is 5.75 Å². The molecule has 0 spiro atoms. The molecule has 0 fully saturated rings. The van der Waals surface area contributed by atoms with Crippen LogP contribution < -0.4 is 5.32 Å². The second kappa shape index (κ2) is 5.61. The van der Waals surface area contributed by atoms with E-state index >= 15 is 0 Å². The van der Waals surface area contributed by atoms with Crippen LogP contribution in [-0.2, 0) is 6.42 Å². The topological polar surface area (TPSA) is 37.2 Å². The van der Waals surface area contributed by atoms with Crippen LogP contribution >= 0.6 is 0 Å². The zero-order valence-corrected chi connectivity index (χ0v) is 11.7. The number of rotatable bonds is 5. The van der Waals surface area contributed by atoms with Crippen molar-refractivity contribution >= 4 is 10.9 Å². The van der Waals surface area contributed by atoms with Crippen molar-refractivity contribution in [1.82, 2.24) is 9.88 Å². The normalized spacial score (nSPS) is 11.6. The smallest absolute Gasteiger partial charge is 0.129 e. The fourth-order valence-corrected chi connectivity index (χ4v) is 2.43. The van der Waals surface area contributed by atoms with Crippen molar-refractivity contribution in [2.24, 2.45) is 0 Å². The predicted molar refractivity (Wildman–Crippen MR) is 76.2 cm³/mol. The number of aromatic hydroxyl groups is 1. The Morgan fingerprint density at radius 2 is 2.11 bits per heavy atom. The van der Waals surface area contributed by atoms with Gasteiger partial charge in [0, 0.05) is 23.7 Å². The Kier molecular flexibility index (Phi) is 4.10. The molecule has 0 aliphatic rings. The largest absolute Gasteiger partial charge is 0.507 e. The average Bonchev–Trinajstić information content (AvgIpc) is 2.68. The van der Waals surface area contributed by atoms with Gasteiger partial charge < -0.3 is 15.0 Å². The van der Waals surface area contributed by atoms with E-state index in [-0.39, 0.29) is 11.8 Å². The van der Waals surface area contributed by atoms with E-state index in [0.717, 1.165) is 36.0 Å². The molecule has 0 saturated carbocycles. The highest BCUT2D eigenvalue weighted by atomic mass is 19.1. The first kappa shape index (κ1) is 13.9.